The number of nitrogens with two attached hydrogens (primary N) is 1. The molecule has 112 valence electrons. The maximum Gasteiger partial charge on any atom is 0.0510 e. The van der Waals surface area contributed by atoms with E-state index in [1.807, 2.05) is 6.92 Å². The van der Waals surface area contributed by atoms with Crippen LogP contribution in [0.3, 0.4) is 0 Å². The average molecular weight is 340 g/mol. The lowest BCUT2D eigenvalue weighted by atomic mass is 10.0. The Morgan fingerprint density at radius 1 is 1.40 bits per heavy atom. The highest BCUT2D eigenvalue weighted by Gasteiger charge is 2.23. The van der Waals surface area contributed by atoms with Gasteiger partial charge in [0.1, 0.15) is 0 Å². The number of piperidine rings is 1. The zero-order valence-corrected chi connectivity index (χ0v) is 14.4. The van der Waals surface area contributed by atoms with Crippen LogP contribution in [0.4, 0.5) is 5.69 Å². The van der Waals surface area contributed by atoms with Crippen LogP contribution in [0.2, 0.25) is 0 Å². The summed E-state index contributed by atoms with van der Waals surface area (Å²) in [7, 11) is 2.21. The number of hydrogen-bond donors (Lipinski definition) is 1. The van der Waals surface area contributed by atoms with Crippen molar-refractivity contribution in [2.45, 2.75) is 38.8 Å². The smallest absolute Gasteiger partial charge is 0.0510 e. The van der Waals surface area contributed by atoms with Crippen LogP contribution in [0.15, 0.2) is 22.7 Å². The van der Waals surface area contributed by atoms with E-state index < -0.39 is 0 Å². The van der Waals surface area contributed by atoms with Crippen LogP contribution < -0.4 is 10.6 Å². The highest BCUT2D eigenvalue weighted by atomic mass is 79.9. The summed E-state index contributed by atoms with van der Waals surface area (Å²) in [5.41, 5.74) is 8.39. The summed E-state index contributed by atoms with van der Waals surface area (Å²) < 4.78 is 1.15. The second kappa shape index (κ2) is 6.92. The molecule has 1 heterocycles. The fourth-order valence-electron chi connectivity index (χ4n) is 2.91. The number of nitrogens with zero attached hydrogens (tertiary/aromatic N) is 2. The highest BCUT2D eigenvalue weighted by Crippen LogP contribution is 2.31. The molecule has 0 spiro atoms. The molecule has 0 amide bonds. The van der Waals surface area contributed by atoms with Gasteiger partial charge in [0.15, 0.2) is 0 Å². The van der Waals surface area contributed by atoms with Gasteiger partial charge in [-0.3, -0.25) is 0 Å². The summed E-state index contributed by atoms with van der Waals surface area (Å²) in [6, 6.07) is 7.20. The number of likely N-dealkylation sites (tertiary alicyclic amines) is 1. The summed E-state index contributed by atoms with van der Waals surface area (Å²) >= 11 is 3.70. The third-order valence-corrected chi connectivity index (χ3v) is 5.06. The zero-order chi connectivity index (χ0) is 14.7. The monoisotopic (exact) mass is 339 g/mol. The largest absolute Gasteiger partial charge is 0.371 e. The van der Waals surface area contributed by atoms with Crippen LogP contribution in [-0.2, 0) is 0 Å². The molecular formula is C16H26BrN3. The molecule has 0 saturated carbocycles. The highest BCUT2D eigenvalue weighted by molar-refractivity contribution is 9.10. The van der Waals surface area contributed by atoms with E-state index in [4.69, 9.17) is 5.73 Å². The molecule has 3 nitrogen and oxygen atoms in total. The molecule has 1 saturated heterocycles. The van der Waals surface area contributed by atoms with Gasteiger partial charge in [0.25, 0.3) is 0 Å². The molecule has 1 aromatic rings. The van der Waals surface area contributed by atoms with Crippen molar-refractivity contribution in [3.63, 3.8) is 0 Å². The summed E-state index contributed by atoms with van der Waals surface area (Å²) in [6.07, 6.45) is 2.48. The second-order valence-corrected chi connectivity index (χ2v) is 6.63. The standard InChI is InChI=1S/C16H26BrN3/c1-4-20-9-7-14(8-10-20)19(3)16-6-5-13(12(2)18)11-15(16)17/h5-6,11-12,14H,4,7-10,18H2,1-3H3/t12-/m1/s1. The molecule has 2 N–H and O–H groups in total. The average Bonchev–Trinajstić information content (AvgIpc) is 2.46. The van der Waals surface area contributed by atoms with Crippen molar-refractivity contribution in [3.05, 3.63) is 28.2 Å². The van der Waals surface area contributed by atoms with E-state index >= 15 is 0 Å². The van der Waals surface area contributed by atoms with Gasteiger partial charge in [0, 0.05) is 36.7 Å². The normalized spacial score (nSPS) is 19.1. The van der Waals surface area contributed by atoms with Gasteiger partial charge in [0.2, 0.25) is 0 Å². The fourth-order valence-corrected chi connectivity index (χ4v) is 3.59. The van der Waals surface area contributed by atoms with Crippen LogP contribution in [-0.4, -0.2) is 37.6 Å². The van der Waals surface area contributed by atoms with E-state index in [0.29, 0.717) is 6.04 Å². The quantitative estimate of drug-likeness (QED) is 0.912. The van der Waals surface area contributed by atoms with Crippen molar-refractivity contribution in [2.75, 3.05) is 31.6 Å². The molecule has 0 aromatic heterocycles. The van der Waals surface area contributed by atoms with E-state index in [9.17, 15) is 0 Å². The Morgan fingerprint density at radius 3 is 2.55 bits per heavy atom. The van der Waals surface area contributed by atoms with Crippen molar-refractivity contribution < 1.29 is 0 Å². The van der Waals surface area contributed by atoms with Crippen molar-refractivity contribution in [3.8, 4) is 0 Å². The third kappa shape index (κ3) is 3.54. The van der Waals surface area contributed by atoms with E-state index in [1.165, 1.54) is 43.7 Å². The molecule has 20 heavy (non-hydrogen) atoms. The summed E-state index contributed by atoms with van der Waals surface area (Å²) in [5.74, 6) is 0. The van der Waals surface area contributed by atoms with Crippen molar-refractivity contribution in [1.29, 1.82) is 0 Å². The fraction of sp³-hybridized carbons (Fsp3) is 0.625. The number of benzene rings is 1. The van der Waals surface area contributed by atoms with Crippen LogP contribution in [0.5, 0.6) is 0 Å². The Labute approximate surface area is 131 Å². The van der Waals surface area contributed by atoms with Crippen LogP contribution >= 0.6 is 15.9 Å². The van der Waals surface area contributed by atoms with Crippen molar-refractivity contribution >= 4 is 21.6 Å². The minimum atomic E-state index is 0.0819. The van der Waals surface area contributed by atoms with Crippen LogP contribution in [0.25, 0.3) is 0 Å². The van der Waals surface area contributed by atoms with Gasteiger partial charge in [-0.1, -0.05) is 13.0 Å². The molecule has 1 aliphatic rings. The maximum atomic E-state index is 5.94. The maximum absolute atomic E-state index is 5.94. The molecule has 0 radical (unpaired) electrons. The Kier molecular flexibility index (Phi) is 5.47. The summed E-state index contributed by atoms with van der Waals surface area (Å²) in [6.45, 7) is 7.85. The van der Waals surface area contributed by atoms with Gasteiger partial charge in [-0.25, -0.2) is 0 Å². The zero-order valence-electron chi connectivity index (χ0n) is 12.8. The molecule has 1 fully saturated rings. The van der Waals surface area contributed by atoms with E-state index in [0.717, 1.165) is 4.47 Å². The van der Waals surface area contributed by atoms with Crippen LogP contribution in [0.1, 0.15) is 38.3 Å². The van der Waals surface area contributed by atoms with Gasteiger partial charge in [0.05, 0.1) is 5.69 Å². The molecule has 2 rings (SSSR count). The number of anilines is 1. The first kappa shape index (κ1) is 15.8. The number of halogens is 1. The molecule has 1 aliphatic heterocycles. The molecule has 0 aliphatic carbocycles. The summed E-state index contributed by atoms with van der Waals surface area (Å²) in [5, 5.41) is 0. The third-order valence-electron chi connectivity index (χ3n) is 4.43. The Bertz CT molecular complexity index is 439. The summed E-state index contributed by atoms with van der Waals surface area (Å²) in [4.78, 5) is 4.95. The van der Waals surface area contributed by atoms with Gasteiger partial charge in [-0.15, -0.1) is 0 Å². The lowest BCUT2D eigenvalue weighted by Crippen LogP contribution is -2.43. The van der Waals surface area contributed by atoms with Gasteiger partial charge in [-0.05, 0) is 59.9 Å². The predicted molar refractivity (Wildman–Crippen MR) is 90.3 cm³/mol. The molecule has 0 unspecified atom stereocenters. The molecule has 0 bridgehead atoms. The molecule has 1 atom stereocenters. The first-order chi connectivity index (χ1) is 9.52. The topological polar surface area (TPSA) is 32.5 Å². The second-order valence-electron chi connectivity index (χ2n) is 5.78. The van der Waals surface area contributed by atoms with E-state index in [1.54, 1.807) is 0 Å². The Morgan fingerprint density at radius 2 is 2.05 bits per heavy atom. The van der Waals surface area contributed by atoms with Gasteiger partial charge < -0.3 is 15.5 Å². The Balaban J connectivity index is 2.07. The number of hydrogen-bond acceptors (Lipinski definition) is 3. The molecular weight excluding hydrogens is 314 g/mol. The van der Waals surface area contributed by atoms with E-state index in [-0.39, 0.29) is 6.04 Å². The Hall–Kier alpha value is -0.580. The minimum Gasteiger partial charge on any atom is -0.371 e. The molecule has 1 aromatic carbocycles. The van der Waals surface area contributed by atoms with Crippen molar-refractivity contribution in [1.82, 2.24) is 4.90 Å². The first-order valence-corrected chi connectivity index (χ1v) is 8.32. The van der Waals surface area contributed by atoms with Gasteiger partial charge in [-0.2, -0.15) is 0 Å². The van der Waals surface area contributed by atoms with Crippen LogP contribution in [0, 0.1) is 0 Å². The lowest BCUT2D eigenvalue weighted by Gasteiger charge is -2.38. The van der Waals surface area contributed by atoms with Crippen molar-refractivity contribution in [2.24, 2.45) is 5.73 Å². The first-order valence-electron chi connectivity index (χ1n) is 7.53. The predicted octanol–water partition coefficient (Wildman–Crippen LogP) is 3.39. The van der Waals surface area contributed by atoms with Gasteiger partial charge >= 0.3 is 0 Å². The minimum absolute atomic E-state index is 0.0819. The SMILES string of the molecule is CCN1CCC(N(C)c2ccc([C@@H](C)N)cc2Br)CC1. The number of rotatable bonds is 4. The lowest BCUT2D eigenvalue weighted by molar-refractivity contribution is 0.221. The molecule has 4 heteroatoms. The van der Waals surface area contributed by atoms with E-state index in [2.05, 4.69) is 57.9 Å².